The van der Waals surface area contributed by atoms with E-state index in [0.717, 1.165) is 19.5 Å². The number of hydrogen-bond donors (Lipinski definition) is 1. The van der Waals surface area contributed by atoms with E-state index in [2.05, 4.69) is 23.4 Å². The predicted molar refractivity (Wildman–Crippen MR) is 54.7 cm³/mol. The number of aryl methyl sites for hydroxylation is 2. The molecule has 3 nitrogen and oxygen atoms in total. The Labute approximate surface area is 80.1 Å². The molecule has 0 saturated carbocycles. The van der Waals surface area contributed by atoms with Gasteiger partial charge in [0.2, 0.25) is 0 Å². The monoisotopic (exact) mass is 181 g/mol. The van der Waals surface area contributed by atoms with E-state index in [4.69, 9.17) is 0 Å². The van der Waals surface area contributed by atoms with E-state index in [1.54, 1.807) is 0 Å². The molecule has 0 radical (unpaired) electrons. The summed E-state index contributed by atoms with van der Waals surface area (Å²) in [6, 6.07) is 2.08. The number of nitrogens with one attached hydrogen (secondary N) is 1. The molecule has 0 fully saturated rings. The molecule has 13 heavy (non-hydrogen) atoms. The fourth-order valence-electron chi connectivity index (χ4n) is 1.34. The maximum atomic E-state index is 4.13. The van der Waals surface area contributed by atoms with Crippen molar-refractivity contribution in [1.82, 2.24) is 15.1 Å². The highest BCUT2D eigenvalue weighted by Crippen LogP contribution is 1.99. The summed E-state index contributed by atoms with van der Waals surface area (Å²) < 4.78 is 1.94. The molecule has 1 N–H and O–H groups in total. The zero-order valence-corrected chi connectivity index (χ0v) is 8.58. The van der Waals surface area contributed by atoms with E-state index in [1.165, 1.54) is 18.5 Å². The van der Waals surface area contributed by atoms with Crippen molar-refractivity contribution in [2.75, 3.05) is 13.1 Å². The Bertz CT molecular complexity index is 230. The third-order valence-corrected chi connectivity index (χ3v) is 2.14. The van der Waals surface area contributed by atoms with E-state index in [9.17, 15) is 0 Å². The van der Waals surface area contributed by atoms with Gasteiger partial charge in [0.25, 0.3) is 0 Å². The van der Waals surface area contributed by atoms with Gasteiger partial charge in [0.15, 0.2) is 0 Å². The number of rotatable bonds is 6. The molecule has 0 aromatic carbocycles. The standard InChI is InChI=1S/C10H19N3/c1-3-7-11-8-4-5-10-6-9-12-13(10)2/h6,9,11H,3-5,7-8H2,1-2H3. The minimum absolute atomic E-state index is 1.11. The van der Waals surface area contributed by atoms with Crippen LogP contribution in [0.25, 0.3) is 0 Å². The highest BCUT2D eigenvalue weighted by Gasteiger charge is 1.96. The Morgan fingerprint density at radius 2 is 2.31 bits per heavy atom. The van der Waals surface area contributed by atoms with Gasteiger partial charge >= 0.3 is 0 Å². The van der Waals surface area contributed by atoms with Crippen LogP contribution in [0.15, 0.2) is 12.3 Å². The molecule has 1 rings (SSSR count). The van der Waals surface area contributed by atoms with Crippen LogP contribution in [-0.4, -0.2) is 22.9 Å². The van der Waals surface area contributed by atoms with Gasteiger partial charge in [-0.05, 0) is 38.4 Å². The average Bonchev–Trinajstić information content (AvgIpc) is 2.52. The summed E-state index contributed by atoms with van der Waals surface area (Å²) in [5.41, 5.74) is 1.32. The van der Waals surface area contributed by atoms with E-state index >= 15 is 0 Å². The second kappa shape index (κ2) is 5.75. The third kappa shape index (κ3) is 3.59. The minimum Gasteiger partial charge on any atom is -0.317 e. The molecule has 0 unspecified atom stereocenters. The summed E-state index contributed by atoms with van der Waals surface area (Å²) in [5.74, 6) is 0. The van der Waals surface area contributed by atoms with Crippen LogP contribution in [0.5, 0.6) is 0 Å². The number of aromatic nitrogens is 2. The van der Waals surface area contributed by atoms with E-state index in [1.807, 2.05) is 17.9 Å². The van der Waals surface area contributed by atoms with Gasteiger partial charge < -0.3 is 5.32 Å². The van der Waals surface area contributed by atoms with Gasteiger partial charge in [-0.15, -0.1) is 0 Å². The van der Waals surface area contributed by atoms with Crippen molar-refractivity contribution in [3.63, 3.8) is 0 Å². The molecular formula is C10H19N3. The topological polar surface area (TPSA) is 29.9 Å². The first kappa shape index (κ1) is 10.3. The zero-order chi connectivity index (χ0) is 9.52. The molecular weight excluding hydrogens is 162 g/mol. The first-order valence-electron chi connectivity index (χ1n) is 5.02. The first-order valence-corrected chi connectivity index (χ1v) is 5.02. The number of hydrogen-bond acceptors (Lipinski definition) is 2. The van der Waals surface area contributed by atoms with Gasteiger partial charge in [0, 0.05) is 18.9 Å². The lowest BCUT2D eigenvalue weighted by Gasteiger charge is -2.03. The molecule has 3 heteroatoms. The zero-order valence-electron chi connectivity index (χ0n) is 8.58. The highest BCUT2D eigenvalue weighted by molar-refractivity contribution is 4.99. The fraction of sp³-hybridized carbons (Fsp3) is 0.700. The molecule has 0 saturated heterocycles. The first-order chi connectivity index (χ1) is 6.34. The molecule has 1 aromatic heterocycles. The van der Waals surface area contributed by atoms with Gasteiger partial charge in [-0.1, -0.05) is 6.92 Å². The highest BCUT2D eigenvalue weighted by atomic mass is 15.2. The van der Waals surface area contributed by atoms with Crippen molar-refractivity contribution < 1.29 is 0 Å². The smallest absolute Gasteiger partial charge is 0.0492 e. The van der Waals surface area contributed by atoms with Crippen molar-refractivity contribution in [3.05, 3.63) is 18.0 Å². The summed E-state index contributed by atoms with van der Waals surface area (Å²) in [6.07, 6.45) is 5.38. The van der Waals surface area contributed by atoms with Gasteiger partial charge in [0.05, 0.1) is 0 Å². The van der Waals surface area contributed by atoms with Gasteiger partial charge in [-0.2, -0.15) is 5.10 Å². The summed E-state index contributed by atoms with van der Waals surface area (Å²) in [7, 11) is 1.99. The Morgan fingerprint density at radius 1 is 1.46 bits per heavy atom. The molecule has 1 heterocycles. The Hall–Kier alpha value is -0.830. The molecule has 0 aliphatic rings. The number of nitrogens with zero attached hydrogens (tertiary/aromatic N) is 2. The van der Waals surface area contributed by atoms with Crippen molar-refractivity contribution >= 4 is 0 Å². The van der Waals surface area contributed by atoms with Crippen LogP contribution in [0.1, 0.15) is 25.5 Å². The second-order valence-corrected chi connectivity index (χ2v) is 3.30. The summed E-state index contributed by atoms with van der Waals surface area (Å²) in [6.45, 7) is 4.43. The van der Waals surface area contributed by atoms with E-state index < -0.39 is 0 Å². The van der Waals surface area contributed by atoms with Crippen LogP contribution in [0.4, 0.5) is 0 Å². The quantitative estimate of drug-likeness (QED) is 0.671. The Morgan fingerprint density at radius 3 is 2.92 bits per heavy atom. The van der Waals surface area contributed by atoms with E-state index in [-0.39, 0.29) is 0 Å². The molecule has 0 aliphatic heterocycles. The minimum atomic E-state index is 1.11. The molecule has 0 amide bonds. The summed E-state index contributed by atoms with van der Waals surface area (Å²) in [5, 5.41) is 7.52. The molecule has 0 aliphatic carbocycles. The molecule has 0 bridgehead atoms. The maximum Gasteiger partial charge on any atom is 0.0492 e. The average molecular weight is 181 g/mol. The van der Waals surface area contributed by atoms with E-state index in [0.29, 0.717) is 0 Å². The lowest BCUT2D eigenvalue weighted by Crippen LogP contribution is -2.16. The van der Waals surface area contributed by atoms with Crippen LogP contribution in [0.2, 0.25) is 0 Å². The van der Waals surface area contributed by atoms with Crippen LogP contribution < -0.4 is 5.32 Å². The lowest BCUT2D eigenvalue weighted by molar-refractivity contribution is 0.618. The lowest BCUT2D eigenvalue weighted by atomic mass is 10.2. The van der Waals surface area contributed by atoms with Gasteiger partial charge in [-0.3, -0.25) is 4.68 Å². The normalized spacial score (nSPS) is 10.6. The SMILES string of the molecule is CCCNCCCc1ccnn1C. The predicted octanol–water partition coefficient (Wildman–Crippen LogP) is 1.35. The van der Waals surface area contributed by atoms with Crippen molar-refractivity contribution in [2.45, 2.75) is 26.2 Å². The summed E-state index contributed by atoms with van der Waals surface area (Å²) >= 11 is 0. The van der Waals surface area contributed by atoms with Gasteiger partial charge in [0.1, 0.15) is 0 Å². The Kier molecular flexibility index (Phi) is 4.54. The second-order valence-electron chi connectivity index (χ2n) is 3.30. The van der Waals surface area contributed by atoms with Crippen molar-refractivity contribution in [3.8, 4) is 0 Å². The molecule has 0 atom stereocenters. The van der Waals surface area contributed by atoms with Crippen LogP contribution in [-0.2, 0) is 13.5 Å². The fourth-order valence-corrected chi connectivity index (χ4v) is 1.34. The van der Waals surface area contributed by atoms with Crippen LogP contribution in [0, 0.1) is 0 Å². The maximum absolute atomic E-state index is 4.13. The van der Waals surface area contributed by atoms with Crippen LogP contribution in [0.3, 0.4) is 0 Å². The van der Waals surface area contributed by atoms with Crippen molar-refractivity contribution in [1.29, 1.82) is 0 Å². The Balaban J connectivity index is 2.10. The third-order valence-electron chi connectivity index (χ3n) is 2.14. The molecule has 1 aromatic rings. The molecule has 0 spiro atoms. The van der Waals surface area contributed by atoms with Crippen LogP contribution >= 0.6 is 0 Å². The largest absolute Gasteiger partial charge is 0.317 e. The van der Waals surface area contributed by atoms with Gasteiger partial charge in [-0.25, -0.2) is 0 Å². The summed E-state index contributed by atoms with van der Waals surface area (Å²) in [4.78, 5) is 0. The van der Waals surface area contributed by atoms with Crippen molar-refractivity contribution in [2.24, 2.45) is 7.05 Å². The molecule has 74 valence electrons.